The second-order valence-corrected chi connectivity index (χ2v) is 5.94. The van der Waals surface area contributed by atoms with Gasteiger partial charge in [-0.25, -0.2) is 0 Å². The van der Waals surface area contributed by atoms with E-state index in [0.717, 1.165) is 23.1 Å². The van der Waals surface area contributed by atoms with Gasteiger partial charge in [0.1, 0.15) is 0 Å². The zero-order valence-corrected chi connectivity index (χ0v) is 13.9. The molecule has 106 valence electrons. The Labute approximate surface area is 129 Å². The molecule has 0 radical (unpaired) electrons. The summed E-state index contributed by atoms with van der Waals surface area (Å²) in [6, 6.07) is 11.0. The van der Waals surface area contributed by atoms with Crippen molar-refractivity contribution in [3.8, 4) is 0 Å². The van der Waals surface area contributed by atoms with E-state index < -0.39 is 0 Å². The highest BCUT2D eigenvalue weighted by Crippen LogP contribution is 2.24. The van der Waals surface area contributed by atoms with Crippen molar-refractivity contribution in [2.45, 2.75) is 33.2 Å². The van der Waals surface area contributed by atoms with Crippen LogP contribution in [-0.2, 0) is 6.42 Å². The number of nitrogens with zero attached hydrogens (tertiary/aromatic N) is 1. The van der Waals surface area contributed by atoms with Crippen LogP contribution in [0.25, 0.3) is 0 Å². The van der Waals surface area contributed by atoms with Crippen molar-refractivity contribution in [1.29, 1.82) is 0 Å². The first-order valence-electron chi connectivity index (χ1n) is 7.01. The molecule has 0 spiro atoms. The Bertz CT molecular complexity index is 581. The maximum atomic E-state index is 4.51. The maximum Gasteiger partial charge on any atom is 0.0451 e. The van der Waals surface area contributed by atoms with Gasteiger partial charge < -0.3 is 5.32 Å². The molecule has 1 aromatic heterocycles. The quantitative estimate of drug-likeness (QED) is 0.880. The molecule has 0 fully saturated rings. The van der Waals surface area contributed by atoms with E-state index in [2.05, 4.69) is 71.3 Å². The Morgan fingerprint density at radius 3 is 2.65 bits per heavy atom. The summed E-state index contributed by atoms with van der Waals surface area (Å²) in [7, 11) is 0. The van der Waals surface area contributed by atoms with Crippen molar-refractivity contribution in [2.24, 2.45) is 0 Å². The maximum absolute atomic E-state index is 4.51. The molecule has 1 aromatic carbocycles. The minimum atomic E-state index is 0.297. The van der Waals surface area contributed by atoms with Gasteiger partial charge in [0.25, 0.3) is 0 Å². The van der Waals surface area contributed by atoms with Crippen molar-refractivity contribution in [3.05, 3.63) is 63.4 Å². The van der Waals surface area contributed by atoms with Crippen LogP contribution in [0, 0.1) is 13.8 Å². The number of hydrogen-bond donors (Lipinski definition) is 1. The van der Waals surface area contributed by atoms with Crippen LogP contribution in [-0.4, -0.2) is 11.5 Å². The Morgan fingerprint density at radius 1 is 1.20 bits per heavy atom. The van der Waals surface area contributed by atoms with Crippen molar-refractivity contribution in [1.82, 2.24) is 10.3 Å². The van der Waals surface area contributed by atoms with Crippen molar-refractivity contribution in [3.63, 3.8) is 0 Å². The fraction of sp³-hybridized carbons (Fsp3) is 0.353. The number of halogens is 1. The summed E-state index contributed by atoms with van der Waals surface area (Å²) >= 11 is 3.62. The molecular formula is C17H21BrN2. The molecule has 1 N–H and O–H groups in total. The summed E-state index contributed by atoms with van der Waals surface area (Å²) in [6.45, 7) is 7.32. The molecule has 1 heterocycles. The number of aromatic nitrogens is 1. The van der Waals surface area contributed by atoms with Gasteiger partial charge in [-0.15, -0.1) is 0 Å². The van der Waals surface area contributed by atoms with Gasteiger partial charge in [0.2, 0.25) is 0 Å². The van der Waals surface area contributed by atoms with Crippen LogP contribution in [0.3, 0.4) is 0 Å². The van der Waals surface area contributed by atoms with Crippen LogP contribution in [0.4, 0.5) is 0 Å². The molecule has 20 heavy (non-hydrogen) atoms. The van der Waals surface area contributed by atoms with E-state index in [9.17, 15) is 0 Å². The highest BCUT2D eigenvalue weighted by atomic mass is 79.9. The predicted octanol–water partition coefficient (Wildman–Crippen LogP) is 4.35. The Morgan fingerprint density at radius 2 is 2.00 bits per heavy atom. The lowest BCUT2D eigenvalue weighted by atomic mass is 9.99. The first kappa shape index (κ1) is 15.2. The Kier molecular flexibility index (Phi) is 5.32. The van der Waals surface area contributed by atoms with E-state index >= 15 is 0 Å². The molecule has 1 unspecified atom stereocenters. The number of pyridine rings is 1. The summed E-state index contributed by atoms with van der Waals surface area (Å²) < 4.78 is 1.16. The standard InChI is InChI=1S/C17H21BrN2/c1-4-19-17(11-16-13(3)6-5-9-20-16)14-8-7-12(2)15(18)10-14/h5-10,17,19H,4,11H2,1-3H3. The molecule has 0 amide bonds. The monoisotopic (exact) mass is 332 g/mol. The van der Waals surface area contributed by atoms with Crippen LogP contribution in [0.2, 0.25) is 0 Å². The van der Waals surface area contributed by atoms with Gasteiger partial charge in [0.15, 0.2) is 0 Å². The first-order valence-corrected chi connectivity index (χ1v) is 7.81. The highest BCUT2D eigenvalue weighted by Gasteiger charge is 2.14. The minimum absolute atomic E-state index is 0.297. The summed E-state index contributed by atoms with van der Waals surface area (Å²) in [5, 5.41) is 3.56. The Balaban J connectivity index is 2.27. The van der Waals surface area contributed by atoms with Gasteiger partial charge in [-0.05, 0) is 49.2 Å². The SMILES string of the molecule is CCNC(Cc1ncccc1C)c1ccc(C)c(Br)c1. The zero-order valence-electron chi connectivity index (χ0n) is 12.3. The van der Waals surface area contributed by atoms with E-state index in [4.69, 9.17) is 0 Å². The molecule has 0 aliphatic rings. The van der Waals surface area contributed by atoms with E-state index in [0.29, 0.717) is 6.04 Å². The van der Waals surface area contributed by atoms with Crippen molar-refractivity contribution >= 4 is 15.9 Å². The second-order valence-electron chi connectivity index (χ2n) is 5.09. The normalized spacial score (nSPS) is 12.4. The van der Waals surface area contributed by atoms with E-state index in [1.165, 1.54) is 16.7 Å². The molecule has 0 saturated carbocycles. The van der Waals surface area contributed by atoms with Crippen LogP contribution in [0.15, 0.2) is 41.0 Å². The predicted molar refractivity (Wildman–Crippen MR) is 88.0 cm³/mol. The number of rotatable bonds is 5. The van der Waals surface area contributed by atoms with Gasteiger partial charge in [0, 0.05) is 28.8 Å². The summed E-state index contributed by atoms with van der Waals surface area (Å²) in [4.78, 5) is 4.51. The molecule has 0 saturated heterocycles. The molecule has 2 rings (SSSR count). The third-order valence-electron chi connectivity index (χ3n) is 3.56. The second kappa shape index (κ2) is 7.00. The number of benzene rings is 1. The first-order chi connectivity index (χ1) is 9.61. The third kappa shape index (κ3) is 3.68. The van der Waals surface area contributed by atoms with Crippen LogP contribution in [0.1, 0.15) is 35.3 Å². The molecule has 0 bridgehead atoms. The van der Waals surface area contributed by atoms with Gasteiger partial charge in [-0.1, -0.05) is 41.1 Å². The Hall–Kier alpha value is -1.19. The van der Waals surface area contributed by atoms with Gasteiger partial charge in [-0.2, -0.15) is 0 Å². The highest BCUT2D eigenvalue weighted by molar-refractivity contribution is 9.10. The average Bonchev–Trinajstić information content (AvgIpc) is 2.44. The lowest BCUT2D eigenvalue weighted by Gasteiger charge is -2.19. The van der Waals surface area contributed by atoms with Crippen LogP contribution < -0.4 is 5.32 Å². The fourth-order valence-corrected chi connectivity index (χ4v) is 2.70. The summed E-state index contributed by atoms with van der Waals surface area (Å²) in [5.41, 5.74) is 4.98. The van der Waals surface area contributed by atoms with Crippen molar-refractivity contribution < 1.29 is 0 Å². The lowest BCUT2D eigenvalue weighted by molar-refractivity contribution is 0.542. The van der Waals surface area contributed by atoms with Crippen molar-refractivity contribution in [2.75, 3.05) is 6.54 Å². The molecule has 2 aromatic rings. The van der Waals surface area contributed by atoms with E-state index in [1.54, 1.807) is 0 Å². The largest absolute Gasteiger partial charge is 0.310 e. The smallest absolute Gasteiger partial charge is 0.0451 e. The minimum Gasteiger partial charge on any atom is -0.310 e. The van der Waals surface area contributed by atoms with E-state index in [1.807, 2.05) is 12.3 Å². The zero-order chi connectivity index (χ0) is 14.5. The lowest BCUT2D eigenvalue weighted by Crippen LogP contribution is -2.23. The van der Waals surface area contributed by atoms with Gasteiger partial charge in [0.05, 0.1) is 0 Å². The third-order valence-corrected chi connectivity index (χ3v) is 4.42. The fourth-order valence-electron chi connectivity index (χ4n) is 2.31. The topological polar surface area (TPSA) is 24.9 Å². The van der Waals surface area contributed by atoms with E-state index in [-0.39, 0.29) is 0 Å². The molecule has 1 atom stereocenters. The number of aryl methyl sites for hydroxylation is 2. The molecule has 0 aliphatic heterocycles. The number of nitrogens with one attached hydrogen (secondary N) is 1. The van der Waals surface area contributed by atoms with Gasteiger partial charge in [-0.3, -0.25) is 4.98 Å². The number of hydrogen-bond acceptors (Lipinski definition) is 2. The molecular weight excluding hydrogens is 312 g/mol. The number of likely N-dealkylation sites (N-methyl/N-ethyl adjacent to an activating group) is 1. The molecule has 3 heteroatoms. The molecule has 0 aliphatic carbocycles. The van der Waals surface area contributed by atoms with Gasteiger partial charge >= 0.3 is 0 Å². The van der Waals surface area contributed by atoms with Crippen LogP contribution >= 0.6 is 15.9 Å². The summed E-state index contributed by atoms with van der Waals surface area (Å²) in [5.74, 6) is 0. The average molecular weight is 333 g/mol. The summed E-state index contributed by atoms with van der Waals surface area (Å²) in [6.07, 6.45) is 2.78. The van der Waals surface area contributed by atoms with Crippen LogP contribution in [0.5, 0.6) is 0 Å². The molecule has 2 nitrogen and oxygen atoms in total.